The summed E-state index contributed by atoms with van der Waals surface area (Å²) in [5.74, 6) is 0.649. The first-order valence-electron chi connectivity index (χ1n) is 4.28. The molecule has 0 aromatic rings. The molecule has 0 aromatic carbocycles. The van der Waals surface area contributed by atoms with Crippen LogP contribution in [0.5, 0.6) is 0 Å². The fourth-order valence-electron chi connectivity index (χ4n) is 1.13. The van der Waals surface area contributed by atoms with Crippen LogP contribution in [0, 0.1) is 5.92 Å². The highest BCUT2D eigenvalue weighted by Crippen LogP contribution is 2.40. The minimum Gasteiger partial charge on any atom is -0.387 e. The van der Waals surface area contributed by atoms with Gasteiger partial charge in [0.1, 0.15) is 0 Å². The second kappa shape index (κ2) is 2.46. The maximum atomic E-state index is 9.81. The van der Waals surface area contributed by atoms with E-state index in [1.165, 1.54) is 12.8 Å². The molecule has 2 heteroatoms. The summed E-state index contributed by atoms with van der Waals surface area (Å²) in [7, 11) is 0. The minimum absolute atomic E-state index is 0.649. The van der Waals surface area contributed by atoms with Gasteiger partial charge in [-0.3, -0.25) is 0 Å². The van der Waals surface area contributed by atoms with Crippen LogP contribution in [-0.2, 0) is 0 Å². The predicted molar refractivity (Wildman–Crippen MR) is 44.3 cm³/mol. The summed E-state index contributed by atoms with van der Waals surface area (Å²) in [6.07, 6.45) is 3.16. The minimum atomic E-state index is -0.977. The summed E-state index contributed by atoms with van der Waals surface area (Å²) in [4.78, 5) is 0. The van der Waals surface area contributed by atoms with Crippen molar-refractivity contribution in [1.82, 2.24) is 0 Å². The molecule has 0 saturated heterocycles. The Morgan fingerprint density at radius 2 is 1.64 bits per heavy atom. The quantitative estimate of drug-likeness (QED) is 0.650. The lowest BCUT2D eigenvalue weighted by molar-refractivity contribution is -0.126. The van der Waals surface area contributed by atoms with Crippen molar-refractivity contribution in [2.45, 2.75) is 51.2 Å². The zero-order valence-electron chi connectivity index (χ0n) is 7.59. The molecule has 1 rings (SSSR count). The van der Waals surface area contributed by atoms with Gasteiger partial charge < -0.3 is 10.2 Å². The van der Waals surface area contributed by atoms with Crippen LogP contribution in [0.3, 0.4) is 0 Å². The molecule has 0 bridgehead atoms. The van der Waals surface area contributed by atoms with E-state index in [4.69, 9.17) is 0 Å². The third kappa shape index (κ3) is 2.17. The second-order valence-electron chi connectivity index (χ2n) is 4.48. The van der Waals surface area contributed by atoms with Crippen LogP contribution in [0.25, 0.3) is 0 Å². The molecule has 11 heavy (non-hydrogen) atoms. The van der Waals surface area contributed by atoms with E-state index >= 15 is 0 Å². The summed E-state index contributed by atoms with van der Waals surface area (Å²) in [6.45, 7) is 5.04. The van der Waals surface area contributed by atoms with Gasteiger partial charge in [-0.2, -0.15) is 0 Å². The Hall–Kier alpha value is -0.0800. The molecule has 0 aliphatic heterocycles. The van der Waals surface area contributed by atoms with Crippen LogP contribution < -0.4 is 0 Å². The lowest BCUT2D eigenvalue weighted by Gasteiger charge is -2.35. The molecule has 1 aliphatic rings. The lowest BCUT2D eigenvalue weighted by atomic mass is 9.83. The highest BCUT2D eigenvalue weighted by molar-refractivity contribution is 4.94. The van der Waals surface area contributed by atoms with Crippen molar-refractivity contribution in [3.05, 3.63) is 0 Å². The fourth-order valence-corrected chi connectivity index (χ4v) is 1.13. The molecule has 2 N–H and O–H groups in total. The monoisotopic (exact) mass is 158 g/mol. The van der Waals surface area contributed by atoms with Crippen molar-refractivity contribution in [3.8, 4) is 0 Å². The van der Waals surface area contributed by atoms with Gasteiger partial charge in [0, 0.05) is 0 Å². The molecule has 66 valence electrons. The molecule has 1 unspecified atom stereocenters. The highest BCUT2D eigenvalue weighted by atomic mass is 16.3. The standard InChI is InChI=1S/C9H18O2/c1-8(2,10)9(3,11)6-7-4-5-7/h7,10-11H,4-6H2,1-3H3. The van der Waals surface area contributed by atoms with Crippen molar-refractivity contribution in [3.63, 3.8) is 0 Å². The van der Waals surface area contributed by atoms with Crippen molar-refractivity contribution < 1.29 is 10.2 Å². The third-order valence-corrected chi connectivity index (χ3v) is 2.70. The van der Waals surface area contributed by atoms with Gasteiger partial charge in [-0.25, -0.2) is 0 Å². The van der Waals surface area contributed by atoms with Gasteiger partial charge in [0.05, 0.1) is 11.2 Å². The fraction of sp³-hybridized carbons (Fsp3) is 1.00. The molecule has 0 radical (unpaired) electrons. The molecule has 0 heterocycles. The molecule has 1 atom stereocenters. The zero-order chi connectivity index (χ0) is 8.70. The van der Waals surface area contributed by atoms with Crippen LogP contribution in [0.1, 0.15) is 40.0 Å². The van der Waals surface area contributed by atoms with E-state index in [2.05, 4.69) is 0 Å². The second-order valence-corrected chi connectivity index (χ2v) is 4.48. The van der Waals surface area contributed by atoms with E-state index in [0.717, 1.165) is 6.42 Å². The van der Waals surface area contributed by atoms with Crippen molar-refractivity contribution in [1.29, 1.82) is 0 Å². The Kier molecular flexibility index (Phi) is 2.01. The molecule has 1 saturated carbocycles. The Morgan fingerprint density at radius 3 is 1.91 bits per heavy atom. The molecule has 0 spiro atoms. The van der Waals surface area contributed by atoms with Crippen LogP contribution in [0.15, 0.2) is 0 Å². The van der Waals surface area contributed by atoms with Crippen LogP contribution in [0.4, 0.5) is 0 Å². The molecular formula is C9H18O2. The number of aliphatic hydroxyl groups is 2. The molecule has 1 fully saturated rings. The number of hydrogen-bond acceptors (Lipinski definition) is 2. The van der Waals surface area contributed by atoms with Gasteiger partial charge in [0.25, 0.3) is 0 Å². The molecule has 0 aromatic heterocycles. The predicted octanol–water partition coefficient (Wildman–Crippen LogP) is 1.31. The first-order valence-corrected chi connectivity index (χ1v) is 4.28. The van der Waals surface area contributed by atoms with Crippen LogP contribution >= 0.6 is 0 Å². The molecule has 2 nitrogen and oxygen atoms in total. The number of hydrogen-bond donors (Lipinski definition) is 2. The Morgan fingerprint density at radius 1 is 1.18 bits per heavy atom. The maximum absolute atomic E-state index is 9.81. The summed E-state index contributed by atoms with van der Waals surface area (Å²) in [5.41, 5.74) is -1.90. The van der Waals surface area contributed by atoms with Crippen molar-refractivity contribution >= 4 is 0 Å². The molecule has 1 aliphatic carbocycles. The first kappa shape index (κ1) is 9.01. The van der Waals surface area contributed by atoms with E-state index < -0.39 is 11.2 Å². The highest BCUT2D eigenvalue weighted by Gasteiger charge is 2.41. The summed E-state index contributed by atoms with van der Waals surface area (Å²) >= 11 is 0. The number of rotatable bonds is 3. The maximum Gasteiger partial charge on any atom is 0.0902 e. The third-order valence-electron chi connectivity index (χ3n) is 2.70. The molecular weight excluding hydrogens is 140 g/mol. The summed E-state index contributed by atoms with van der Waals surface area (Å²) in [6, 6.07) is 0. The Labute approximate surface area is 68.2 Å². The van der Waals surface area contributed by atoms with Gasteiger partial charge in [-0.1, -0.05) is 12.8 Å². The average molecular weight is 158 g/mol. The van der Waals surface area contributed by atoms with E-state index in [1.54, 1.807) is 20.8 Å². The lowest BCUT2D eigenvalue weighted by Crippen LogP contribution is -2.47. The van der Waals surface area contributed by atoms with E-state index in [0.29, 0.717) is 5.92 Å². The topological polar surface area (TPSA) is 40.5 Å². The molecule has 0 amide bonds. The van der Waals surface area contributed by atoms with E-state index in [-0.39, 0.29) is 0 Å². The van der Waals surface area contributed by atoms with Crippen molar-refractivity contribution in [2.75, 3.05) is 0 Å². The van der Waals surface area contributed by atoms with Crippen LogP contribution in [-0.4, -0.2) is 21.4 Å². The van der Waals surface area contributed by atoms with Gasteiger partial charge in [-0.15, -0.1) is 0 Å². The van der Waals surface area contributed by atoms with Gasteiger partial charge in [0.15, 0.2) is 0 Å². The van der Waals surface area contributed by atoms with Gasteiger partial charge in [0.2, 0.25) is 0 Å². The Bertz CT molecular complexity index is 140. The average Bonchev–Trinajstić information content (AvgIpc) is 2.45. The van der Waals surface area contributed by atoms with Gasteiger partial charge in [-0.05, 0) is 33.1 Å². The van der Waals surface area contributed by atoms with Crippen molar-refractivity contribution in [2.24, 2.45) is 5.92 Å². The normalized spacial score (nSPS) is 24.8. The van der Waals surface area contributed by atoms with Gasteiger partial charge >= 0.3 is 0 Å². The summed E-state index contributed by atoms with van der Waals surface area (Å²) in [5, 5.41) is 19.4. The van der Waals surface area contributed by atoms with Crippen LogP contribution in [0.2, 0.25) is 0 Å². The summed E-state index contributed by atoms with van der Waals surface area (Å²) < 4.78 is 0. The zero-order valence-corrected chi connectivity index (χ0v) is 7.59. The SMILES string of the molecule is CC(C)(O)C(C)(O)CC1CC1. The Balaban J connectivity index is 2.49. The van der Waals surface area contributed by atoms with E-state index in [9.17, 15) is 10.2 Å². The smallest absolute Gasteiger partial charge is 0.0902 e. The first-order chi connectivity index (χ1) is 4.83. The largest absolute Gasteiger partial charge is 0.387 e. The van der Waals surface area contributed by atoms with E-state index in [1.807, 2.05) is 0 Å².